The minimum atomic E-state index is -4.76. The maximum Gasteiger partial charge on any atom is 0.469 e. The first kappa shape index (κ1) is 22.0. The van der Waals surface area contributed by atoms with Gasteiger partial charge >= 0.3 is 7.82 Å². The molecule has 1 unspecified atom stereocenters. The van der Waals surface area contributed by atoms with Crippen molar-refractivity contribution in [2.24, 2.45) is 0 Å². The Labute approximate surface area is 165 Å². The lowest BCUT2D eigenvalue weighted by Crippen LogP contribution is -2.33. The summed E-state index contributed by atoms with van der Waals surface area (Å²) in [6.07, 6.45) is 0.649. The van der Waals surface area contributed by atoms with Crippen LogP contribution in [0.1, 0.15) is 44.7 Å². The number of phosphoric acid groups is 1. The molecular formula is C16H25N4O8P. The minimum absolute atomic E-state index is 0.0579. The molecule has 5 N–H and O–H groups in total. The number of aromatic nitrogens is 4. The third-order valence-corrected chi connectivity index (χ3v) is 5.25. The van der Waals surface area contributed by atoms with E-state index in [9.17, 15) is 19.6 Å². The number of aromatic amines is 1. The van der Waals surface area contributed by atoms with Crippen molar-refractivity contribution >= 4 is 19.0 Å². The Morgan fingerprint density at radius 2 is 2.03 bits per heavy atom. The molecule has 2 aromatic rings. The standard InChI is InChI=1S/C16H25N4O8P/c1-2-3-4-5-6-10-18-14-11(15(23)19-10)17-8-20(14)16-13(22)12(21)9(28-16)7-27-29(24,25)26/h8-9,12-13,16,21-22H,2-7H2,1H3,(H,18,19,23)(H2,24,25,26)/t9-,12-,13-,16?/m0/s1. The summed E-state index contributed by atoms with van der Waals surface area (Å²) in [4.78, 5) is 41.1. The van der Waals surface area contributed by atoms with Gasteiger partial charge in [-0.25, -0.2) is 14.5 Å². The van der Waals surface area contributed by atoms with E-state index in [1.165, 1.54) is 10.9 Å². The Morgan fingerprint density at radius 1 is 1.28 bits per heavy atom. The smallest absolute Gasteiger partial charge is 0.387 e. The van der Waals surface area contributed by atoms with Gasteiger partial charge in [0, 0.05) is 6.42 Å². The van der Waals surface area contributed by atoms with E-state index in [0.29, 0.717) is 12.2 Å². The van der Waals surface area contributed by atoms with Crippen molar-refractivity contribution in [1.82, 2.24) is 19.5 Å². The van der Waals surface area contributed by atoms with Crippen LogP contribution < -0.4 is 5.56 Å². The van der Waals surface area contributed by atoms with Crippen LogP contribution in [-0.4, -0.2) is 64.4 Å². The van der Waals surface area contributed by atoms with Gasteiger partial charge in [0.25, 0.3) is 5.56 Å². The molecule has 162 valence electrons. The summed E-state index contributed by atoms with van der Waals surface area (Å²) in [5, 5.41) is 20.5. The first-order chi connectivity index (χ1) is 13.7. The van der Waals surface area contributed by atoms with Crippen molar-refractivity contribution < 1.29 is 33.8 Å². The molecule has 1 aliphatic heterocycles. The number of H-pyrrole nitrogens is 1. The Kier molecular flexibility index (Phi) is 6.84. The molecule has 12 nitrogen and oxygen atoms in total. The Hall–Kier alpha value is -1.66. The number of nitrogens with zero attached hydrogens (tertiary/aromatic N) is 3. The van der Waals surface area contributed by atoms with Gasteiger partial charge in [0.1, 0.15) is 24.1 Å². The number of aryl methyl sites for hydroxylation is 1. The number of phosphoric ester groups is 1. The van der Waals surface area contributed by atoms with Gasteiger partial charge in [-0.15, -0.1) is 0 Å². The van der Waals surface area contributed by atoms with Gasteiger partial charge in [0.15, 0.2) is 17.4 Å². The number of ether oxygens (including phenoxy) is 1. The molecule has 0 bridgehead atoms. The highest BCUT2D eigenvalue weighted by Crippen LogP contribution is 2.38. The second-order valence-electron chi connectivity index (χ2n) is 6.98. The van der Waals surface area contributed by atoms with Gasteiger partial charge in [-0.05, 0) is 6.42 Å². The molecule has 1 saturated heterocycles. The summed E-state index contributed by atoms with van der Waals surface area (Å²) < 4.78 is 22.1. The highest BCUT2D eigenvalue weighted by atomic mass is 31.2. The summed E-state index contributed by atoms with van der Waals surface area (Å²) in [6.45, 7) is 1.48. The molecule has 3 rings (SSSR count). The molecule has 1 fully saturated rings. The zero-order chi connectivity index (χ0) is 21.2. The van der Waals surface area contributed by atoms with Crippen LogP contribution in [0.4, 0.5) is 0 Å². The fourth-order valence-electron chi connectivity index (χ4n) is 3.26. The largest absolute Gasteiger partial charge is 0.469 e. The monoisotopic (exact) mass is 432 g/mol. The normalized spacial score (nSPS) is 25.1. The Bertz CT molecular complexity index is 941. The molecule has 0 aliphatic carbocycles. The van der Waals surface area contributed by atoms with Crippen LogP contribution in [-0.2, 0) is 20.2 Å². The quantitative estimate of drug-likeness (QED) is 0.267. The van der Waals surface area contributed by atoms with Crippen LogP contribution in [0, 0.1) is 0 Å². The van der Waals surface area contributed by atoms with Crippen molar-refractivity contribution in [2.75, 3.05) is 6.61 Å². The zero-order valence-electron chi connectivity index (χ0n) is 15.8. The maximum atomic E-state index is 12.3. The lowest BCUT2D eigenvalue weighted by molar-refractivity contribution is -0.0504. The molecule has 0 amide bonds. The highest BCUT2D eigenvalue weighted by Gasteiger charge is 2.45. The van der Waals surface area contributed by atoms with Crippen LogP contribution in [0.3, 0.4) is 0 Å². The SMILES string of the molecule is CCCCCCc1nc2c(ncn2C2O[C@@H](COP(=O)(O)O)[C@H](O)[C@@H]2O)c(=O)[nH]1. The van der Waals surface area contributed by atoms with Gasteiger partial charge in [-0.3, -0.25) is 13.9 Å². The van der Waals surface area contributed by atoms with Crippen LogP contribution in [0.15, 0.2) is 11.1 Å². The second kappa shape index (κ2) is 9.00. The molecule has 0 aromatic carbocycles. The molecule has 0 radical (unpaired) electrons. The average Bonchev–Trinajstić information content (AvgIpc) is 3.19. The Morgan fingerprint density at radius 3 is 2.72 bits per heavy atom. The van der Waals surface area contributed by atoms with Gasteiger partial charge in [0.05, 0.1) is 12.9 Å². The van der Waals surface area contributed by atoms with Crippen molar-refractivity contribution in [3.8, 4) is 0 Å². The third kappa shape index (κ3) is 5.10. The summed E-state index contributed by atoms with van der Waals surface area (Å²) in [5.41, 5.74) is -0.178. The lowest BCUT2D eigenvalue weighted by atomic mass is 10.1. The molecule has 0 spiro atoms. The summed E-state index contributed by atoms with van der Waals surface area (Å²) in [5.74, 6) is 0.481. The highest BCUT2D eigenvalue weighted by molar-refractivity contribution is 7.46. The molecule has 1 aliphatic rings. The van der Waals surface area contributed by atoms with Crippen LogP contribution in [0.2, 0.25) is 0 Å². The van der Waals surface area contributed by atoms with E-state index in [2.05, 4.69) is 26.4 Å². The van der Waals surface area contributed by atoms with Crippen LogP contribution in [0.5, 0.6) is 0 Å². The predicted octanol–water partition coefficient (Wildman–Crippen LogP) is -0.0291. The van der Waals surface area contributed by atoms with Gasteiger partial charge in [-0.1, -0.05) is 26.2 Å². The molecule has 0 saturated carbocycles. The van der Waals surface area contributed by atoms with Crippen molar-refractivity contribution in [1.29, 1.82) is 0 Å². The lowest BCUT2D eigenvalue weighted by Gasteiger charge is -2.16. The van der Waals surface area contributed by atoms with Crippen molar-refractivity contribution in [3.05, 3.63) is 22.5 Å². The van der Waals surface area contributed by atoms with E-state index in [-0.39, 0.29) is 11.2 Å². The van der Waals surface area contributed by atoms with Crippen LogP contribution >= 0.6 is 7.82 Å². The van der Waals surface area contributed by atoms with E-state index in [1.807, 2.05) is 0 Å². The van der Waals surface area contributed by atoms with Crippen molar-refractivity contribution in [3.63, 3.8) is 0 Å². The summed E-state index contributed by atoms with van der Waals surface area (Å²) in [7, 11) is -4.76. The zero-order valence-corrected chi connectivity index (χ0v) is 16.7. The molecule has 2 aromatic heterocycles. The number of nitrogens with one attached hydrogen (secondary N) is 1. The number of hydrogen-bond donors (Lipinski definition) is 5. The topological polar surface area (TPSA) is 180 Å². The van der Waals surface area contributed by atoms with E-state index in [1.54, 1.807) is 0 Å². The first-order valence-electron chi connectivity index (χ1n) is 9.38. The van der Waals surface area contributed by atoms with Crippen LogP contribution in [0.25, 0.3) is 11.2 Å². The molecule has 13 heteroatoms. The second-order valence-corrected chi connectivity index (χ2v) is 8.22. The van der Waals surface area contributed by atoms with E-state index in [0.717, 1.165) is 25.7 Å². The number of rotatable bonds is 9. The molecular weight excluding hydrogens is 407 g/mol. The van der Waals surface area contributed by atoms with Gasteiger partial charge < -0.3 is 29.7 Å². The first-order valence-corrected chi connectivity index (χ1v) is 10.9. The molecule has 29 heavy (non-hydrogen) atoms. The fraction of sp³-hybridized carbons (Fsp3) is 0.688. The number of fused-ring (bicyclic) bond motifs is 1. The summed E-state index contributed by atoms with van der Waals surface area (Å²) >= 11 is 0. The Balaban J connectivity index is 1.82. The number of hydrogen-bond acceptors (Lipinski definition) is 8. The number of aliphatic hydroxyl groups is 2. The van der Waals surface area contributed by atoms with Gasteiger partial charge in [-0.2, -0.15) is 0 Å². The minimum Gasteiger partial charge on any atom is -0.387 e. The summed E-state index contributed by atoms with van der Waals surface area (Å²) in [6, 6.07) is 0. The van der Waals surface area contributed by atoms with Crippen molar-refractivity contribution in [2.45, 2.75) is 63.6 Å². The molecule has 4 atom stereocenters. The van der Waals surface area contributed by atoms with E-state index < -0.39 is 44.5 Å². The number of unbranched alkanes of at least 4 members (excludes halogenated alkanes) is 3. The maximum absolute atomic E-state index is 12.3. The van der Waals surface area contributed by atoms with E-state index >= 15 is 0 Å². The van der Waals surface area contributed by atoms with Gasteiger partial charge in [0.2, 0.25) is 0 Å². The number of imidazole rings is 1. The fourth-order valence-corrected chi connectivity index (χ4v) is 3.60. The van der Waals surface area contributed by atoms with E-state index in [4.69, 9.17) is 14.5 Å². The third-order valence-electron chi connectivity index (χ3n) is 4.77. The average molecular weight is 432 g/mol. The molecule has 3 heterocycles. The number of aliphatic hydroxyl groups excluding tert-OH is 2. The predicted molar refractivity (Wildman–Crippen MR) is 99.9 cm³/mol.